The Balaban J connectivity index is 0.000000399. The predicted molar refractivity (Wildman–Crippen MR) is 71.4 cm³/mol. The van der Waals surface area contributed by atoms with E-state index in [1.807, 2.05) is 6.07 Å². The molecule has 104 valence electrons. The van der Waals surface area contributed by atoms with E-state index in [0.29, 0.717) is 29.5 Å². The molecule has 0 heterocycles. The standard InChI is InChI=1S/C12H14N2O.H3NO2S/c1-8-5-9(8)7-15-12-4-2-3-11(14)10(12)6-13;1-4(2)3/h2-4,8-9H,5,7,14H2,1H3;1H2,(H,2,3)/p-1. The van der Waals surface area contributed by atoms with Crippen LogP contribution in [0.25, 0.3) is 0 Å². The molecule has 19 heavy (non-hydrogen) atoms. The van der Waals surface area contributed by atoms with Crippen LogP contribution in [0.2, 0.25) is 0 Å². The number of nitriles is 1. The van der Waals surface area contributed by atoms with E-state index in [4.69, 9.17) is 24.5 Å². The van der Waals surface area contributed by atoms with Crippen molar-refractivity contribution in [3.8, 4) is 11.8 Å². The fraction of sp³-hybridized carbons (Fsp3) is 0.417. The van der Waals surface area contributed by atoms with Crippen molar-refractivity contribution in [2.75, 3.05) is 12.3 Å². The number of nitrogens with zero attached hydrogens (tertiary/aromatic N) is 1. The molecule has 7 heteroatoms. The second-order valence-electron chi connectivity index (χ2n) is 4.38. The smallest absolute Gasteiger partial charge is 0.139 e. The summed E-state index contributed by atoms with van der Waals surface area (Å²) >= 11 is -2.36. The number of ether oxygens (including phenoxy) is 1. The van der Waals surface area contributed by atoms with E-state index in [1.54, 1.807) is 12.1 Å². The fourth-order valence-electron chi connectivity index (χ4n) is 1.62. The van der Waals surface area contributed by atoms with Crippen LogP contribution in [0, 0.1) is 23.2 Å². The van der Waals surface area contributed by atoms with Crippen molar-refractivity contribution in [1.82, 2.24) is 0 Å². The first-order valence-corrected chi connectivity index (χ1v) is 6.84. The summed E-state index contributed by atoms with van der Waals surface area (Å²) in [7, 11) is 0. The SMILES string of the molecule is CC1CC1COc1cccc(N)c1C#N.NS(=O)[O-]. The van der Waals surface area contributed by atoms with Gasteiger partial charge in [0.25, 0.3) is 0 Å². The minimum Gasteiger partial charge on any atom is -0.760 e. The minimum absolute atomic E-state index is 0.450. The Morgan fingerprint density at radius 2 is 2.21 bits per heavy atom. The third-order valence-corrected chi connectivity index (χ3v) is 2.90. The molecule has 1 aliphatic carbocycles. The van der Waals surface area contributed by atoms with E-state index >= 15 is 0 Å². The quantitative estimate of drug-likeness (QED) is 0.629. The number of nitrogen functional groups attached to an aromatic ring is 1. The Hall–Kier alpha value is -1.62. The molecule has 0 radical (unpaired) electrons. The molecular weight excluding hydrogens is 266 g/mol. The van der Waals surface area contributed by atoms with Gasteiger partial charge in [-0.15, -0.1) is 0 Å². The molecule has 1 fully saturated rings. The van der Waals surface area contributed by atoms with Crippen molar-refractivity contribution < 1.29 is 13.5 Å². The maximum atomic E-state index is 8.92. The molecule has 1 aromatic rings. The number of anilines is 1. The highest BCUT2D eigenvalue weighted by molar-refractivity contribution is 7.76. The van der Waals surface area contributed by atoms with E-state index in [-0.39, 0.29) is 0 Å². The Morgan fingerprint density at radius 1 is 1.63 bits per heavy atom. The summed E-state index contributed by atoms with van der Waals surface area (Å²) in [6.45, 7) is 2.90. The van der Waals surface area contributed by atoms with Crippen molar-refractivity contribution in [2.45, 2.75) is 13.3 Å². The molecule has 4 N–H and O–H groups in total. The molecule has 0 amide bonds. The van der Waals surface area contributed by atoms with E-state index in [9.17, 15) is 0 Å². The lowest BCUT2D eigenvalue weighted by Gasteiger charge is -2.08. The van der Waals surface area contributed by atoms with Crippen LogP contribution < -0.4 is 15.6 Å². The maximum absolute atomic E-state index is 8.92. The molecule has 3 unspecified atom stereocenters. The van der Waals surface area contributed by atoms with Crippen molar-refractivity contribution in [1.29, 1.82) is 5.26 Å². The maximum Gasteiger partial charge on any atom is 0.139 e. The first-order chi connectivity index (χ1) is 8.95. The van der Waals surface area contributed by atoms with Crippen LogP contribution in [-0.2, 0) is 11.3 Å². The normalized spacial score (nSPS) is 21.6. The zero-order valence-corrected chi connectivity index (χ0v) is 11.4. The zero-order valence-electron chi connectivity index (χ0n) is 10.5. The average Bonchev–Trinajstić information content (AvgIpc) is 3.02. The van der Waals surface area contributed by atoms with Crippen LogP contribution in [0.15, 0.2) is 18.2 Å². The molecule has 0 saturated heterocycles. The van der Waals surface area contributed by atoms with Crippen molar-refractivity contribution in [2.24, 2.45) is 17.0 Å². The lowest BCUT2D eigenvalue weighted by atomic mass is 10.2. The fourth-order valence-corrected chi connectivity index (χ4v) is 1.62. The summed E-state index contributed by atoms with van der Waals surface area (Å²) in [6, 6.07) is 7.38. The van der Waals surface area contributed by atoms with Crippen LogP contribution in [0.3, 0.4) is 0 Å². The molecule has 6 nitrogen and oxygen atoms in total. The third-order valence-electron chi connectivity index (χ3n) is 2.90. The summed E-state index contributed by atoms with van der Waals surface area (Å²) in [6.07, 6.45) is 1.23. The molecule has 3 atom stereocenters. The summed E-state index contributed by atoms with van der Waals surface area (Å²) in [5.74, 6) is 2.02. The van der Waals surface area contributed by atoms with Crippen LogP contribution in [-0.4, -0.2) is 15.4 Å². The molecular formula is C12H16N3O3S-. The van der Waals surface area contributed by atoms with Gasteiger partial charge in [0, 0.05) is 11.3 Å². The first-order valence-electron chi connectivity index (χ1n) is 5.70. The summed E-state index contributed by atoms with van der Waals surface area (Å²) in [4.78, 5) is 0. The van der Waals surface area contributed by atoms with Gasteiger partial charge in [-0.1, -0.05) is 13.0 Å². The Labute approximate surface area is 114 Å². The molecule has 0 aromatic heterocycles. The Kier molecular flexibility index (Phi) is 5.76. The van der Waals surface area contributed by atoms with E-state index in [2.05, 4.69) is 18.1 Å². The first kappa shape index (κ1) is 15.4. The highest BCUT2D eigenvalue weighted by Crippen LogP contribution is 2.38. The van der Waals surface area contributed by atoms with Crippen molar-refractivity contribution in [3.05, 3.63) is 23.8 Å². The van der Waals surface area contributed by atoms with E-state index < -0.39 is 11.3 Å². The van der Waals surface area contributed by atoms with Gasteiger partial charge in [0.1, 0.15) is 17.4 Å². The van der Waals surface area contributed by atoms with Crippen LogP contribution in [0.5, 0.6) is 5.75 Å². The summed E-state index contributed by atoms with van der Waals surface area (Å²) in [5, 5.41) is 12.9. The monoisotopic (exact) mass is 282 g/mol. The summed E-state index contributed by atoms with van der Waals surface area (Å²) in [5.41, 5.74) is 6.61. The Bertz CT molecular complexity index is 497. The van der Waals surface area contributed by atoms with Gasteiger partial charge in [0.15, 0.2) is 0 Å². The molecule has 0 bridgehead atoms. The number of benzene rings is 1. The highest BCUT2D eigenvalue weighted by atomic mass is 32.2. The van der Waals surface area contributed by atoms with Gasteiger partial charge in [0.2, 0.25) is 0 Å². The van der Waals surface area contributed by atoms with E-state index in [0.717, 1.165) is 5.92 Å². The minimum atomic E-state index is -2.36. The molecule has 0 spiro atoms. The highest BCUT2D eigenvalue weighted by Gasteiger charge is 2.33. The molecule has 2 rings (SSSR count). The molecule has 0 aliphatic heterocycles. The van der Waals surface area contributed by atoms with Crippen LogP contribution in [0.4, 0.5) is 5.69 Å². The predicted octanol–water partition coefficient (Wildman–Crippen LogP) is 0.914. The summed E-state index contributed by atoms with van der Waals surface area (Å²) < 4.78 is 23.2. The number of hydrogen-bond donors (Lipinski definition) is 2. The number of hydrogen-bond acceptors (Lipinski definition) is 5. The van der Waals surface area contributed by atoms with Crippen LogP contribution >= 0.6 is 0 Å². The third kappa shape index (κ3) is 5.26. The van der Waals surface area contributed by atoms with Gasteiger partial charge in [0.05, 0.1) is 12.3 Å². The van der Waals surface area contributed by atoms with Gasteiger partial charge in [-0.05, 0) is 30.4 Å². The second-order valence-corrected chi connectivity index (χ2v) is 4.90. The average molecular weight is 282 g/mol. The lowest BCUT2D eigenvalue weighted by Crippen LogP contribution is -2.03. The van der Waals surface area contributed by atoms with Gasteiger partial charge in [-0.25, -0.2) is 0 Å². The second kappa shape index (κ2) is 7.09. The number of nitrogens with two attached hydrogens (primary N) is 2. The molecule has 1 saturated carbocycles. The number of rotatable bonds is 3. The van der Waals surface area contributed by atoms with Crippen molar-refractivity contribution in [3.63, 3.8) is 0 Å². The van der Waals surface area contributed by atoms with Gasteiger partial charge in [-0.3, -0.25) is 9.35 Å². The van der Waals surface area contributed by atoms with Gasteiger partial charge >= 0.3 is 0 Å². The molecule has 1 aliphatic rings. The molecule has 1 aromatic carbocycles. The Morgan fingerprint density at radius 3 is 2.68 bits per heavy atom. The topological polar surface area (TPSA) is 125 Å². The lowest BCUT2D eigenvalue weighted by molar-refractivity contribution is 0.293. The van der Waals surface area contributed by atoms with E-state index in [1.165, 1.54) is 6.42 Å². The van der Waals surface area contributed by atoms with Gasteiger partial charge < -0.3 is 15.0 Å². The van der Waals surface area contributed by atoms with Crippen LogP contribution in [0.1, 0.15) is 18.9 Å². The van der Waals surface area contributed by atoms with Crippen molar-refractivity contribution >= 4 is 17.0 Å². The largest absolute Gasteiger partial charge is 0.760 e. The zero-order chi connectivity index (χ0) is 14.4. The van der Waals surface area contributed by atoms with Gasteiger partial charge in [-0.2, -0.15) is 5.26 Å².